The van der Waals surface area contributed by atoms with Gasteiger partial charge in [-0.15, -0.1) is 0 Å². The molecule has 0 unspecified atom stereocenters. The van der Waals surface area contributed by atoms with E-state index >= 15 is 0 Å². The zero-order valence-corrected chi connectivity index (χ0v) is 15.1. The molecule has 3 rings (SSSR count). The van der Waals surface area contributed by atoms with Crippen LogP contribution in [0.5, 0.6) is 0 Å². The third-order valence-electron chi connectivity index (χ3n) is 3.90. The van der Waals surface area contributed by atoms with Gasteiger partial charge in [0.05, 0.1) is 9.26 Å². The highest BCUT2D eigenvalue weighted by atomic mass is 127. The zero-order valence-electron chi connectivity index (χ0n) is 11.5. The summed E-state index contributed by atoms with van der Waals surface area (Å²) < 4.78 is 1.01. The Morgan fingerprint density at radius 2 is 1.71 bits per heavy atom. The van der Waals surface area contributed by atoms with E-state index in [4.69, 9.17) is 28.2 Å². The van der Waals surface area contributed by atoms with Gasteiger partial charge in [-0.05, 0) is 53.1 Å². The average Bonchev–Trinajstić information content (AvgIpc) is 2.99. The summed E-state index contributed by atoms with van der Waals surface area (Å²) in [6.07, 6.45) is 5.69. The number of rotatable bonds is 3. The fourth-order valence-corrected chi connectivity index (χ4v) is 3.82. The highest BCUT2D eigenvalue weighted by molar-refractivity contribution is 14.1. The average molecular weight is 433 g/mol. The van der Waals surface area contributed by atoms with Crippen LogP contribution in [-0.2, 0) is 6.42 Å². The van der Waals surface area contributed by atoms with Gasteiger partial charge in [-0.2, -0.15) is 0 Å². The molecule has 2 nitrogen and oxygen atoms in total. The monoisotopic (exact) mass is 432 g/mol. The van der Waals surface area contributed by atoms with Crippen LogP contribution in [0, 0.1) is 3.57 Å². The van der Waals surface area contributed by atoms with Crippen molar-refractivity contribution in [2.24, 2.45) is 0 Å². The topological polar surface area (TPSA) is 25.8 Å². The lowest BCUT2D eigenvalue weighted by Crippen LogP contribution is -2.07. The lowest BCUT2D eigenvalue weighted by molar-refractivity contribution is 0.680. The van der Waals surface area contributed by atoms with Gasteiger partial charge in [0.2, 0.25) is 0 Å². The molecule has 0 atom stereocenters. The van der Waals surface area contributed by atoms with E-state index < -0.39 is 0 Å². The molecular formula is C16H15Cl2IN2. The first kappa shape index (κ1) is 15.5. The minimum Gasteiger partial charge on any atom is -0.236 e. The smallest absolute Gasteiger partial charge is 0.146 e. The minimum absolute atomic E-state index is 0.543. The van der Waals surface area contributed by atoms with Crippen molar-refractivity contribution in [2.45, 2.75) is 38.0 Å². The molecular weight excluding hydrogens is 418 g/mol. The van der Waals surface area contributed by atoms with Crippen LogP contribution in [0.4, 0.5) is 0 Å². The predicted octanol–water partition coefficient (Wildman–Crippen LogP) is 5.64. The van der Waals surface area contributed by atoms with Crippen molar-refractivity contribution in [2.75, 3.05) is 0 Å². The fraction of sp³-hybridized carbons (Fsp3) is 0.375. The molecule has 0 aliphatic heterocycles. The SMILES string of the molecule is Clc1ccc(Cc2nc(Cl)c(I)c(C3CCCC3)n2)cc1. The lowest BCUT2D eigenvalue weighted by Gasteiger charge is -2.13. The predicted molar refractivity (Wildman–Crippen MR) is 95.2 cm³/mol. The molecule has 1 fully saturated rings. The van der Waals surface area contributed by atoms with Gasteiger partial charge in [-0.25, -0.2) is 9.97 Å². The molecule has 21 heavy (non-hydrogen) atoms. The Morgan fingerprint density at radius 3 is 2.38 bits per heavy atom. The van der Waals surface area contributed by atoms with Gasteiger partial charge in [0.25, 0.3) is 0 Å². The molecule has 1 aliphatic rings. The quantitative estimate of drug-likeness (QED) is 0.463. The largest absolute Gasteiger partial charge is 0.236 e. The molecule has 0 bridgehead atoms. The standard InChI is InChI=1S/C16H15Cl2IN2/c17-12-7-5-10(6-8-12)9-13-20-15(11-3-1-2-4-11)14(19)16(18)21-13/h5-8,11H,1-4,9H2. The molecule has 0 spiro atoms. The molecule has 1 heterocycles. The van der Waals surface area contributed by atoms with E-state index in [2.05, 4.69) is 27.6 Å². The van der Waals surface area contributed by atoms with Crippen molar-refractivity contribution in [1.82, 2.24) is 9.97 Å². The zero-order chi connectivity index (χ0) is 14.8. The molecule has 2 aromatic rings. The Labute approximate surface area is 148 Å². The first-order valence-corrected chi connectivity index (χ1v) is 8.93. The molecule has 1 aromatic heterocycles. The molecule has 110 valence electrons. The van der Waals surface area contributed by atoms with Crippen molar-refractivity contribution in [1.29, 1.82) is 0 Å². The van der Waals surface area contributed by atoms with Crippen molar-refractivity contribution in [3.05, 3.63) is 55.1 Å². The van der Waals surface area contributed by atoms with Crippen LogP contribution in [0.2, 0.25) is 10.2 Å². The summed E-state index contributed by atoms with van der Waals surface area (Å²) in [7, 11) is 0. The Kier molecular flexibility index (Phi) is 5.02. The van der Waals surface area contributed by atoms with Crippen LogP contribution >= 0.6 is 45.8 Å². The second-order valence-corrected chi connectivity index (χ2v) is 7.29. The van der Waals surface area contributed by atoms with E-state index in [9.17, 15) is 0 Å². The molecule has 0 N–H and O–H groups in total. The molecule has 0 radical (unpaired) electrons. The van der Waals surface area contributed by atoms with Gasteiger partial charge in [-0.1, -0.05) is 48.2 Å². The lowest BCUT2D eigenvalue weighted by atomic mass is 10.0. The number of hydrogen-bond donors (Lipinski definition) is 0. The fourth-order valence-electron chi connectivity index (χ4n) is 2.81. The second-order valence-electron chi connectivity index (χ2n) is 5.41. The van der Waals surface area contributed by atoms with Crippen LogP contribution in [0.15, 0.2) is 24.3 Å². The third-order valence-corrected chi connectivity index (χ3v) is 5.81. The highest BCUT2D eigenvalue weighted by Gasteiger charge is 2.23. The van der Waals surface area contributed by atoms with Crippen LogP contribution in [0.25, 0.3) is 0 Å². The highest BCUT2D eigenvalue weighted by Crippen LogP contribution is 2.36. The molecule has 1 aliphatic carbocycles. The molecule has 5 heteroatoms. The van der Waals surface area contributed by atoms with E-state index in [1.54, 1.807) is 0 Å². The Bertz CT molecular complexity index is 637. The van der Waals surface area contributed by atoms with Gasteiger partial charge in [0.15, 0.2) is 0 Å². The van der Waals surface area contributed by atoms with E-state index in [1.807, 2.05) is 24.3 Å². The summed E-state index contributed by atoms with van der Waals surface area (Å²) >= 11 is 14.5. The summed E-state index contributed by atoms with van der Waals surface area (Å²) in [4.78, 5) is 9.23. The number of benzene rings is 1. The van der Waals surface area contributed by atoms with E-state index in [1.165, 1.54) is 25.7 Å². The summed E-state index contributed by atoms with van der Waals surface area (Å²) in [5, 5.41) is 1.32. The van der Waals surface area contributed by atoms with Crippen LogP contribution in [0.1, 0.15) is 48.7 Å². The van der Waals surface area contributed by atoms with Gasteiger partial charge in [0.1, 0.15) is 11.0 Å². The van der Waals surface area contributed by atoms with E-state index in [0.29, 0.717) is 17.5 Å². The minimum atomic E-state index is 0.543. The Morgan fingerprint density at radius 1 is 1.05 bits per heavy atom. The summed E-state index contributed by atoms with van der Waals surface area (Å²) in [6, 6.07) is 7.80. The summed E-state index contributed by atoms with van der Waals surface area (Å²) in [5.74, 6) is 1.34. The van der Waals surface area contributed by atoms with Gasteiger partial charge >= 0.3 is 0 Å². The second kappa shape index (κ2) is 6.80. The molecule has 0 saturated heterocycles. The molecule has 1 aromatic carbocycles. The van der Waals surface area contributed by atoms with Gasteiger partial charge < -0.3 is 0 Å². The third kappa shape index (κ3) is 3.69. The maximum absolute atomic E-state index is 6.31. The number of aromatic nitrogens is 2. The summed E-state index contributed by atoms with van der Waals surface area (Å²) in [5.41, 5.74) is 2.28. The maximum Gasteiger partial charge on any atom is 0.146 e. The van der Waals surface area contributed by atoms with Crippen molar-refractivity contribution in [3.63, 3.8) is 0 Å². The molecule has 1 saturated carbocycles. The first-order chi connectivity index (χ1) is 10.1. The van der Waals surface area contributed by atoms with Crippen LogP contribution < -0.4 is 0 Å². The number of hydrogen-bond acceptors (Lipinski definition) is 2. The Balaban J connectivity index is 1.90. The Hall–Kier alpha value is -0.390. The van der Waals surface area contributed by atoms with Crippen LogP contribution in [-0.4, -0.2) is 9.97 Å². The summed E-state index contributed by atoms with van der Waals surface area (Å²) in [6.45, 7) is 0. The van der Waals surface area contributed by atoms with Gasteiger partial charge in [-0.3, -0.25) is 0 Å². The van der Waals surface area contributed by atoms with E-state index in [0.717, 1.165) is 25.7 Å². The van der Waals surface area contributed by atoms with Gasteiger partial charge in [0, 0.05) is 17.4 Å². The molecule has 0 amide bonds. The van der Waals surface area contributed by atoms with Crippen LogP contribution in [0.3, 0.4) is 0 Å². The maximum atomic E-state index is 6.31. The normalized spacial score (nSPS) is 15.6. The number of nitrogens with zero attached hydrogens (tertiary/aromatic N) is 2. The number of halogens is 3. The van der Waals surface area contributed by atoms with Crippen molar-refractivity contribution in [3.8, 4) is 0 Å². The van der Waals surface area contributed by atoms with Crippen molar-refractivity contribution < 1.29 is 0 Å². The van der Waals surface area contributed by atoms with E-state index in [-0.39, 0.29) is 0 Å². The first-order valence-electron chi connectivity index (χ1n) is 7.10. The van der Waals surface area contributed by atoms with Crippen molar-refractivity contribution >= 4 is 45.8 Å².